The van der Waals surface area contributed by atoms with Gasteiger partial charge in [0, 0.05) is 43.7 Å². The molecule has 0 saturated carbocycles. The molecular formula is C68H50N2. The maximum atomic E-state index is 2.53. The van der Waals surface area contributed by atoms with Crippen LogP contribution in [0.3, 0.4) is 0 Å². The van der Waals surface area contributed by atoms with Gasteiger partial charge in [-0.2, -0.15) is 0 Å². The highest BCUT2D eigenvalue weighted by Crippen LogP contribution is 2.57. The summed E-state index contributed by atoms with van der Waals surface area (Å²) in [4.78, 5) is 0. The van der Waals surface area contributed by atoms with Gasteiger partial charge in [-0.15, -0.1) is 0 Å². The molecule has 0 aliphatic heterocycles. The average Bonchev–Trinajstić information content (AvgIpc) is 4.06. The number of hydrogen-bond donors (Lipinski definition) is 0. The highest BCUT2D eigenvalue weighted by atomic mass is 15.0. The molecule has 70 heavy (non-hydrogen) atoms. The Balaban J connectivity index is 0.751. The summed E-state index contributed by atoms with van der Waals surface area (Å²) in [5.41, 5.74) is 25.4. The Kier molecular flexibility index (Phi) is 8.71. The molecular weight excluding hydrogens is 845 g/mol. The first-order chi connectivity index (χ1) is 34.2. The number of hydrogen-bond acceptors (Lipinski definition) is 0. The van der Waals surface area contributed by atoms with Crippen LogP contribution in [0.15, 0.2) is 218 Å². The molecule has 2 nitrogen and oxygen atoms in total. The minimum Gasteiger partial charge on any atom is -0.309 e. The smallest absolute Gasteiger partial charge is 0.0541 e. The van der Waals surface area contributed by atoms with Crippen molar-refractivity contribution in [3.8, 4) is 55.9 Å². The van der Waals surface area contributed by atoms with E-state index in [-0.39, 0.29) is 10.8 Å². The van der Waals surface area contributed by atoms with E-state index in [1.165, 1.54) is 133 Å². The predicted molar refractivity (Wildman–Crippen MR) is 296 cm³/mol. The summed E-state index contributed by atoms with van der Waals surface area (Å²) in [6.07, 6.45) is 4.47. The average molecular weight is 895 g/mol. The highest BCUT2D eigenvalue weighted by molar-refractivity contribution is 6.11. The van der Waals surface area contributed by atoms with Crippen LogP contribution in [-0.4, -0.2) is 9.13 Å². The van der Waals surface area contributed by atoms with Crippen molar-refractivity contribution in [2.75, 3.05) is 0 Å². The second kappa shape index (κ2) is 15.0. The van der Waals surface area contributed by atoms with Gasteiger partial charge in [0.1, 0.15) is 0 Å². The van der Waals surface area contributed by atoms with Crippen LogP contribution in [0, 0.1) is 0 Å². The van der Waals surface area contributed by atoms with E-state index in [9.17, 15) is 0 Å². The molecule has 0 fully saturated rings. The van der Waals surface area contributed by atoms with E-state index in [2.05, 4.69) is 267 Å². The zero-order valence-corrected chi connectivity index (χ0v) is 39.8. The molecule has 332 valence electrons. The summed E-state index contributed by atoms with van der Waals surface area (Å²) in [6.45, 7) is 9.65. The van der Waals surface area contributed by atoms with E-state index in [1.54, 1.807) is 0 Å². The van der Waals surface area contributed by atoms with Crippen LogP contribution >= 0.6 is 0 Å². The molecule has 10 aromatic carbocycles. The minimum absolute atomic E-state index is 0.145. The van der Waals surface area contributed by atoms with Gasteiger partial charge in [0.25, 0.3) is 0 Å². The Labute approximate surface area is 409 Å². The number of aromatic nitrogens is 2. The summed E-state index contributed by atoms with van der Waals surface area (Å²) < 4.78 is 4.76. The van der Waals surface area contributed by atoms with Crippen molar-refractivity contribution < 1.29 is 0 Å². The number of benzene rings is 10. The molecule has 0 radical (unpaired) electrons. The molecule has 0 unspecified atom stereocenters. The summed E-state index contributed by atoms with van der Waals surface area (Å²) >= 11 is 0. The predicted octanol–water partition coefficient (Wildman–Crippen LogP) is 18.0. The third-order valence-corrected chi connectivity index (χ3v) is 15.9. The van der Waals surface area contributed by atoms with Gasteiger partial charge in [-0.25, -0.2) is 0 Å². The van der Waals surface area contributed by atoms with Gasteiger partial charge in [0.15, 0.2) is 0 Å². The number of rotatable bonds is 6. The van der Waals surface area contributed by atoms with Crippen LogP contribution in [0.1, 0.15) is 61.1 Å². The lowest BCUT2D eigenvalue weighted by atomic mass is 9.79. The Morgan fingerprint density at radius 2 is 0.671 bits per heavy atom. The standard InChI is InChI=1S/C68H50N2/c1-67(2)59-39-47(45-28-25-43(26-29-45)23-24-44-27-35-65-57(37-44)53-19-11-13-21-63(53)69(65)49-15-7-5-8-16-49)30-33-51(59)55-41-62-56(42-61(55)67)52-34-31-48(40-60(52)68(62,3)4)46-32-36-66-58(38-46)54-20-12-14-22-64(54)70(66)50-17-9-6-10-18-50/h5-42H,1-4H3/b24-23+. The first kappa shape index (κ1) is 40.6. The first-order valence-electron chi connectivity index (χ1n) is 24.7. The largest absolute Gasteiger partial charge is 0.309 e. The number of nitrogens with zero attached hydrogens (tertiary/aromatic N) is 2. The summed E-state index contributed by atoms with van der Waals surface area (Å²) in [5, 5.41) is 5.09. The fourth-order valence-corrected chi connectivity index (χ4v) is 12.3. The third kappa shape index (κ3) is 5.99. The van der Waals surface area contributed by atoms with Gasteiger partial charge in [-0.1, -0.05) is 173 Å². The summed E-state index contributed by atoms with van der Waals surface area (Å²) in [6, 6.07) is 81.1. The monoisotopic (exact) mass is 894 g/mol. The molecule has 0 saturated heterocycles. The maximum absolute atomic E-state index is 2.53. The fraction of sp³-hybridized carbons (Fsp3) is 0.0882. The fourth-order valence-electron chi connectivity index (χ4n) is 12.3. The van der Waals surface area contributed by atoms with Crippen LogP contribution in [0.4, 0.5) is 0 Å². The maximum Gasteiger partial charge on any atom is 0.0541 e. The van der Waals surface area contributed by atoms with E-state index in [1.807, 2.05) is 0 Å². The molecule has 2 heteroatoms. The lowest BCUT2D eigenvalue weighted by molar-refractivity contribution is 0.652. The second-order valence-electron chi connectivity index (χ2n) is 20.6. The molecule has 0 bridgehead atoms. The highest BCUT2D eigenvalue weighted by Gasteiger charge is 2.42. The van der Waals surface area contributed by atoms with Gasteiger partial charge in [-0.05, 0) is 163 Å². The van der Waals surface area contributed by atoms with Gasteiger partial charge < -0.3 is 9.13 Å². The Morgan fingerprint density at radius 1 is 0.286 bits per heavy atom. The molecule has 0 atom stereocenters. The normalized spacial score (nSPS) is 14.2. The molecule has 2 heterocycles. The van der Waals surface area contributed by atoms with Crippen molar-refractivity contribution in [2.45, 2.75) is 38.5 Å². The zero-order valence-electron chi connectivity index (χ0n) is 39.8. The lowest BCUT2D eigenvalue weighted by Crippen LogP contribution is -2.17. The molecule has 12 aromatic rings. The molecule has 14 rings (SSSR count). The molecule has 0 spiro atoms. The van der Waals surface area contributed by atoms with E-state index in [0.29, 0.717) is 0 Å². The van der Waals surface area contributed by atoms with Crippen LogP contribution < -0.4 is 0 Å². The minimum atomic E-state index is -0.151. The molecule has 0 N–H and O–H groups in total. The Hall–Kier alpha value is -8.46. The van der Waals surface area contributed by atoms with Gasteiger partial charge in [0.2, 0.25) is 0 Å². The lowest BCUT2D eigenvalue weighted by Gasteiger charge is -2.24. The van der Waals surface area contributed by atoms with E-state index < -0.39 is 0 Å². The van der Waals surface area contributed by atoms with Gasteiger partial charge in [0.05, 0.1) is 22.1 Å². The Bertz CT molecular complexity index is 4140. The van der Waals surface area contributed by atoms with Crippen LogP contribution in [0.2, 0.25) is 0 Å². The van der Waals surface area contributed by atoms with Crippen molar-refractivity contribution in [2.24, 2.45) is 0 Å². The second-order valence-corrected chi connectivity index (χ2v) is 20.6. The van der Waals surface area contributed by atoms with E-state index in [4.69, 9.17) is 0 Å². The summed E-state index contributed by atoms with van der Waals surface area (Å²) in [5.74, 6) is 0. The van der Waals surface area contributed by atoms with Gasteiger partial charge in [-0.3, -0.25) is 0 Å². The zero-order chi connectivity index (χ0) is 46.9. The molecule has 2 aliphatic rings. The topological polar surface area (TPSA) is 9.86 Å². The van der Waals surface area contributed by atoms with Gasteiger partial charge >= 0.3 is 0 Å². The van der Waals surface area contributed by atoms with Crippen molar-refractivity contribution >= 4 is 55.8 Å². The van der Waals surface area contributed by atoms with Crippen LogP contribution in [-0.2, 0) is 10.8 Å². The first-order valence-corrected chi connectivity index (χ1v) is 24.7. The number of para-hydroxylation sites is 4. The molecule has 2 aromatic heterocycles. The molecule has 0 amide bonds. The van der Waals surface area contributed by atoms with Crippen LogP contribution in [0.5, 0.6) is 0 Å². The van der Waals surface area contributed by atoms with Crippen molar-refractivity contribution in [1.82, 2.24) is 9.13 Å². The van der Waals surface area contributed by atoms with Crippen molar-refractivity contribution in [1.29, 1.82) is 0 Å². The summed E-state index contributed by atoms with van der Waals surface area (Å²) in [7, 11) is 0. The van der Waals surface area contributed by atoms with Crippen molar-refractivity contribution in [3.05, 3.63) is 252 Å². The van der Waals surface area contributed by atoms with E-state index in [0.717, 1.165) is 0 Å². The van der Waals surface area contributed by atoms with Crippen molar-refractivity contribution in [3.63, 3.8) is 0 Å². The SMILES string of the molecule is CC1(C)c2cc(-c3ccc(/C=C/c4ccc5c(c4)c4ccccc4n5-c4ccccc4)cc3)ccc2-c2cc3c(cc21)-c1ccc(-c2ccc4c(c2)c2ccccc2n4-c2ccccc2)cc1C3(C)C. The number of fused-ring (bicyclic) bond motifs is 12. The van der Waals surface area contributed by atoms with Crippen LogP contribution in [0.25, 0.3) is 112 Å². The quantitative estimate of drug-likeness (QED) is 0.147. The molecule has 2 aliphatic carbocycles. The third-order valence-electron chi connectivity index (χ3n) is 15.9. The Morgan fingerprint density at radius 3 is 1.23 bits per heavy atom. The van der Waals surface area contributed by atoms with E-state index >= 15 is 0 Å².